The molecule has 0 aromatic carbocycles. The molecule has 0 heterocycles. The van der Waals surface area contributed by atoms with Gasteiger partial charge in [0, 0.05) is 12.8 Å². The van der Waals surface area contributed by atoms with Crippen LogP contribution in [-0.4, -0.2) is 36.4 Å². The molecule has 0 radical (unpaired) electrons. The quantitative estimate of drug-likeness (QED) is 0.0413. The van der Waals surface area contributed by atoms with E-state index >= 15 is 0 Å². The number of unbranched alkanes of at least 4 members (excludes halogenated alkanes) is 17. The van der Waals surface area contributed by atoms with Crippen LogP contribution >= 0.6 is 0 Å². The summed E-state index contributed by atoms with van der Waals surface area (Å²) in [6.07, 6.45) is 50.0. The summed E-state index contributed by atoms with van der Waals surface area (Å²) in [5, 5.41) is 9.55. The van der Waals surface area contributed by atoms with Gasteiger partial charge in [-0.05, 0) is 77.0 Å². The van der Waals surface area contributed by atoms with Crippen LogP contribution in [0.2, 0.25) is 0 Å². The van der Waals surface area contributed by atoms with Gasteiger partial charge in [-0.3, -0.25) is 9.59 Å². The predicted octanol–water partition coefficient (Wildman–Crippen LogP) is 12.4. The summed E-state index contributed by atoms with van der Waals surface area (Å²) < 4.78 is 10.6. The van der Waals surface area contributed by atoms with Crippen molar-refractivity contribution >= 4 is 11.9 Å². The van der Waals surface area contributed by atoms with E-state index < -0.39 is 6.10 Å². The van der Waals surface area contributed by atoms with Crippen molar-refractivity contribution in [3.63, 3.8) is 0 Å². The zero-order valence-corrected chi connectivity index (χ0v) is 31.2. The summed E-state index contributed by atoms with van der Waals surface area (Å²) in [7, 11) is 0. The summed E-state index contributed by atoms with van der Waals surface area (Å²) in [5.41, 5.74) is 0. The topological polar surface area (TPSA) is 72.8 Å². The fourth-order valence-electron chi connectivity index (χ4n) is 5.25. The molecular formula is C43H74O5. The van der Waals surface area contributed by atoms with Crippen LogP contribution in [0.25, 0.3) is 0 Å². The maximum atomic E-state index is 12.2. The molecule has 0 saturated heterocycles. The molecule has 1 atom stereocenters. The van der Waals surface area contributed by atoms with E-state index in [1.807, 2.05) is 0 Å². The van der Waals surface area contributed by atoms with Crippen molar-refractivity contribution in [1.82, 2.24) is 0 Å². The number of hydrogen-bond acceptors (Lipinski definition) is 5. The minimum atomic E-state index is -0.797. The van der Waals surface area contributed by atoms with E-state index in [1.165, 1.54) is 96.3 Å². The van der Waals surface area contributed by atoms with Gasteiger partial charge in [0.2, 0.25) is 0 Å². The van der Waals surface area contributed by atoms with Gasteiger partial charge in [-0.15, -0.1) is 0 Å². The summed E-state index contributed by atoms with van der Waals surface area (Å²) in [5.74, 6) is -0.664. The second-order valence-electron chi connectivity index (χ2n) is 13.0. The molecule has 5 heteroatoms. The molecule has 48 heavy (non-hydrogen) atoms. The molecule has 0 aromatic heterocycles. The van der Waals surface area contributed by atoms with Crippen LogP contribution in [0.4, 0.5) is 0 Å². The van der Waals surface area contributed by atoms with E-state index in [9.17, 15) is 14.7 Å². The first-order valence-corrected chi connectivity index (χ1v) is 19.8. The Kier molecular flexibility index (Phi) is 37.1. The van der Waals surface area contributed by atoms with E-state index in [-0.39, 0.29) is 25.2 Å². The molecule has 0 aliphatic carbocycles. The molecule has 276 valence electrons. The number of ether oxygens (including phenoxy) is 2. The number of rotatable bonds is 35. The standard InChI is InChI=1S/C43H74O5/c1-3-5-7-9-11-13-15-17-19-21-23-25-27-29-31-33-35-37-42(45)47-40-41(39-44)48-43(46)38-36-34-32-30-28-26-24-22-20-18-16-14-12-10-8-6-4-2/h12,14,17-20,23,25,29,31,41,44H,3-11,13,15-16,21-22,24,26-28,30,32-40H2,1-2H3/b14-12-,19-17-,20-18-,25-23-,31-29-/t41-/m0/s1. The van der Waals surface area contributed by atoms with Crippen molar-refractivity contribution in [2.45, 2.75) is 187 Å². The van der Waals surface area contributed by atoms with Gasteiger partial charge in [0.05, 0.1) is 6.61 Å². The van der Waals surface area contributed by atoms with Crippen molar-refractivity contribution in [1.29, 1.82) is 0 Å². The molecule has 1 N–H and O–H groups in total. The minimum Gasteiger partial charge on any atom is -0.462 e. The number of aliphatic hydroxyl groups is 1. The maximum absolute atomic E-state index is 12.2. The number of aliphatic hydroxyl groups excluding tert-OH is 1. The van der Waals surface area contributed by atoms with Crippen LogP contribution in [0.1, 0.15) is 181 Å². The molecule has 0 aliphatic rings. The summed E-state index contributed by atoms with van der Waals surface area (Å²) in [6.45, 7) is 4.05. The normalized spacial score (nSPS) is 12.8. The Morgan fingerprint density at radius 1 is 0.479 bits per heavy atom. The molecule has 0 aromatic rings. The number of carbonyl (C=O) groups is 2. The van der Waals surface area contributed by atoms with Crippen molar-refractivity contribution in [2.75, 3.05) is 13.2 Å². The molecule has 0 rings (SSSR count). The zero-order chi connectivity index (χ0) is 35.0. The Morgan fingerprint density at radius 2 is 0.854 bits per heavy atom. The highest BCUT2D eigenvalue weighted by Gasteiger charge is 2.16. The lowest BCUT2D eigenvalue weighted by Crippen LogP contribution is -2.28. The van der Waals surface area contributed by atoms with Crippen molar-refractivity contribution < 1.29 is 24.2 Å². The Morgan fingerprint density at radius 3 is 1.35 bits per heavy atom. The first-order valence-electron chi connectivity index (χ1n) is 19.8. The lowest BCUT2D eigenvalue weighted by Gasteiger charge is -2.15. The second-order valence-corrected chi connectivity index (χ2v) is 13.0. The van der Waals surface area contributed by atoms with Gasteiger partial charge in [-0.25, -0.2) is 0 Å². The fraction of sp³-hybridized carbons (Fsp3) is 0.721. The third kappa shape index (κ3) is 36.4. The SMILES string of the molecule is CCCCC/C=C\C/C=C\CCCCCCCCCC(=O)O[C@@H](CO)COC(=O)CCC/C=C\C/C=C\C/C=C\CCCCCCCC. The van der Waals surface area contributed by atoms with E-state index in [0.29, 0.717) is 19.3 Å². The summed E-state index contributed by atoms with van der Waals surface area (Å²) in [6, 6.07) is 0. The van der Waals surface area contributed by atoms with E-state index in [4.69, 9.17) is 9.47 Å². The summed E-state index contributed by atoms with van der Waals surface area (Å²) >= 11 is 0. The monoisotopic (exact) mass is 671 g/mol. The molecule has 5 nitrogen and oxygen atoms in total. The fourth-order valence-corrected chi connectivity index (χ4v) is 5.25. The van der Waals surface area contributed by atoms with Crippen LogP contribution in [0.3, 0.4) is 0 Å². The first kappa shape index (κ1) is 45.6. The molecule has 0 bridgehead atoms. The Bertz CT molecular complexity index is 853. The first-order chi connectivity index (χ1) is 23.6. The van der Waals surface area contributed by atoms with Gasteiger partial charge < -0.3 is 14.6 Å². The smallest absolute Gasteiger partial charge is 0.306 e. The minimum absolute atomic E-state index is 0.0972. The molecule has 0 spiro atoms. The number of hydrogen-bond donors (Lipinski definition) is 1. The average molecular weight is 671 g/mol. The maximum Gasteiger partial charge on any atom is 0.306 e. The number of esters is 2. The molecule has 0 amide bonds. The molecule has 0 unspecified atom stereocenters. The highest BCUT2D eigenvalue weighted by molar-refractivity contribution is 5.70. The molecular weight excluding hydrogens is 596 g/mol. The largest absolute Gasteiger partial charge is 0.462 e. The molecule has 0 fully saturated rings. The van der Waals surface area contributed by atoms with E-state index in [1.54, 1.807) is 0 Å². The van der Waals surface area contributed by atoms with Crippen molar-refractivity contribution in [3.05, 3.63) is 60.8 Å². The van der Waals surface area contributed by atoms with Crippen molar-refractivity contribution in [2.24, 2.45) is 0 Å². The van der Waals surface area contributed by atoms with Gasteiger partial charge in [0.15, 0.2) is 6.10 Å². The van der Waals surface area contributed by atoms with Crippen LogP contribution in [-0.2, 0) is 19.1 Å². The summed E-state index contributed by atoms with van der Waals surface area (Å²) in [4.78, 5) is 24.2. The van der Waals surface area contributed by atoms with Gasteiger partial charge in [0.25, 0.3) is 0 Å². The van der Waals surface area contributed by atoms with Crippen LogP contribution in [0.15, 0.2) is 60.8 Å². The zero-order valence-electron chi connectivity index (χ0n) is 31.2. The Balaban J connectivity index is 3.67. The third-order valence-corrected chi connectivity index (χ3v) is 8.28. The van der Waals surface area contributed by atoms with E-state index in [0.717, 1.165) is 51.4 Å². The highest BCUT2D eigenvalue weighted by Crippen LogP contribution is 2.12. The average Bonchev–Trinajstić information content (AvgIpc) is 3.09. The van der Waals surface area contributed by atoms with Crippen molar-refractivity contribution in [3.8, 4) is 0 Å². The van der Waals surface area contributed by atoms with Gasteiger partial charge in [-0.2, -0.15) is 0 Å². The lowest BCUT2D eigenvalue weighted by molar-refractivity contribution is -0.161. The molecule has 0 saturated carbocycles. The highest BCUT2D eigenvalue weighted by atomic mass is 16.6. The Labute approximate surface area is 296 Å². The second kappa shape index (κ2) is 39.0. The molecule has 0 aliphatic heterocycles. The number of carbonyl (C=O) groups excluding carboxylic acids is 2. The van der Waals surface area contributed by atoms with Crippen LogP contribution in [0.5, 0.6) is 0 Å². The van der Waals surface area contributed by atoms with Gasteiger partial charge in [-0.1, -0.05) is 152 Å². The van der Waals surface area contributed by atoms with Gasteiger partial charge in [0.1, 0.15) is 6.61 Å². The Hall–Kier alpha value is -2.40. The van der Waals surface area contributed by atoms with Crippen LogP contribution < -0.4 is 0 Å². The van der Waals surface area contributed by atoms with Gasteiger partial charge >= 0.3 is 11.9 Å². The lowest BCUT2D eigenvalue weighted by atomic mass is 10.1. The van der Waals surface area contributed by atoms with E-state index in [2.05, 4.69) is 74.6 Å². The third-order valence-electron chi connectivity index (χ3n) is 8.28. The predicted molar refractivity (Wildman–Crippen MR) is 205 cm³/mol. The number of allylic oxidation sites excluding steroid dienone is 10. The van der Waals surface area contributed by atoms with Crippen LogP contribution in [0, 0.1) is 0 Å².